The molecule has 2 aromatic rings. The molecule has 0 spiro atoms. The number of para-hydroxylation sites is 1. The summed E-state index contributed by atoms with van der Waals surface area (Å²) in [5.74, 6) is 0.105. The fourth-order valence-corrected chi connectivity index (χ4v) is 2.61. The van der Waals surface area contributed by atoms with Crippen molar-refractivity contribution in [2.45, 2.75) is 25.4 Å². The summed E-state index contributed by atoms with van der Waals surface area (Å²) < 4.78 is 5.72. The average molecular weight is 245 g/mol. The van der Waals surface area contributed by atoms with E-state index in [0.29, 0.717) is 6.54 Å². The second-order valence-electron chi connectivity index (χ2n) is 4.72. The summed E-state index contributed by atoms with van der Waals surface area (Å²) in [6.07, 6.45) is 1.67. The first-order chi connectivity index (χ1) is 8.74. The smallest absolute Gasteiger partial charge is 0.320 e. The lowest BCUT2D eigenvalue weighted by Gasteiger charge is -2.19. The van der Waals surface area contributed by atoms with Gasteiger partial charge in [-0.05, 0) is 31.5 Å². The van der Waals surface area contributed by atoms with Crippen molar-refractivity contribution in [1.82, 2.24) is 4.90 Å². The highest BCUT2D eigenvalue weighted by Gasteiger charge is 2.30. The van der Waals surface area contributed by atoms with E-state index in [0.717, 1.165) is 36.1 Å². The number of likely N-dealkylation sites (tertiary alicyclic amines) is 1. The van der Waals surface area contributed by atoms with Gasteiger partial charge in [0.05, 0.1) is 6.54 Å². The van der Waals surface area contributed by atoms with Gasteiger partial charge in [-0.15, -0.1) is 0 Å². The molecule has 0 amide bonds. The van der Waals surface area contributed by atoms with Crippen molar-refractivity contribution in [3.8, 4) is 0 Å². The maximum Gasteiger partial charge on any atom is 0.320 e. The van der Waals surface area contributed by atoms with Crippen molar-refractivity contribution in [2.75, 3.05) is 6.54 Å². The number of hydrogen-bond donors (Lipinski definition) is 1. The van der Waals surface area contributed by atoms with Gasteiger partial charge in [-0.2, -0.15) is 0 Å². The standard InChI is InChI=1S/C14H15NO3/c16-14(17)12-5-3-7-15(12)9-11-8-10-4-1-2-6-13(10)18-11/h1-2,4,6,8,12H,3,5,7,9H2,(H,16,17)/t12-/m0/s1. The van der Waals surface area contributed by atoms with Gasteiger partial charge in [0.15, 0.2) is 0 Å². The van der Waals surface area contributed by atoms with Gasteiger partial charge in [-0.3, -0.25) is 9.69 Å². The number of carboxylic acid groups (broad SMARTS) is 1. The molecule has 1 aliphatic heterocycles. The topological polar surface area (TPSA) is 53.7 Å². The van der Waals surface area contributed by atoms with Crippen molar-refractivity contribution in [3.05, 3.63) is 36.1 Å². The molecule has 4 nitrogen and oxygen atoms in total. The van der Waals surface area contributed by atoms with E-state index in [1.54, 1.807) is 0 Å². The second kappa shape index (κ2) is 4.46. The Bertz CT molecular complexity index is 542. The summed E-state index contributed by atoms with van der Waals surface area (Å²) in [6, 6.07) is 9.46. The van der Waals surface area contributed by atoms with Crippen LogP contribution in [0.15, 0.2) is 34.7 Å². The minimum absolute atomic E-state index is 0.363. The van der Waals surface area contributed by atoms with Crippen LogP contribution in [0.25, 0.3) is 11.0 Å². The monoisotopic (exact) mass is 245 g/mol. The van der Waals surface area contributed by atoms with Crippen molar-refractivity contribution < 1.29 is 14.3 Å². The number of benzene rings is 1. The minimum atomic E-state index is -0.733. The SMILES string of the molecule is O=C(O)[C@@H]1CCCN1Cc1cc2ccccc2o1. The van der Waals surface area contributed by atoms with Crippen LogP contribution in [0.3, 0.4) is 0 Å². The van der Waals surface area contributed by atoms with E-state index in [4.69, 9.17) is 9.52 Å². The van der Waals surface area contributed by atoms with Crippen molar-refractivity contribution in [3.63, 3.8) is 0 Å². The first-order valence-electron chi connectivity index (χ1n) is 6.18. The lowest BCUT2D eigenvalue weighted by Crippen LogP contribution is -2.35. The van der Waals surface area contributed by atoms with Gasteiger partial charge in [-0.25, -0.2) is 0 Å². The molecule has 0 radical (unpaired) electrons. The van der Waals surface area contributed by atoms with Gasteiger partial charge < -0.3 is 9.52 Å². The van der Waals surface area contributed by atoms with Gasteiger partial charge in [0.1, 0.15) is 17.4 Å². The fourth-order valence-electron chi connectivity index (χ4n) is 2.61. The first kappa shape index (κ1) is 11.3. The molecule has 3 rings (SSSR count). The van der Waals surface area contributed by atoms with Crippen molar-refractivity contribution in [1.29, 1.82) is 0 Å². The molecule has 1 aromatic heterocycles. The number of furan rings is 1. The number of carbonyl (C=O) groups is 1. The highest BCUT2D eigenvalue weighted by molar-refractivity contribution is 5.77. The Morgan fingerprint density at radius 1 is 1.44 bits per heavy atom. The molecule has 1 aromatic carbocycles. The lowest BCUT2D eigenvalue weighted by atomic mass is 10.2. The van der Waals surface area contributed by atoms with Crippen LogP contribution >= 0.6 is 0 Å². The van der Waals surface area contributed by atoms with E-state index in [2.05, 4.69) is 0 Å². The van der Waals surface area contributed by atoms with Gasteiger partial charge >= 0.3 is 5.97 Å². The maximum atomic E-state index is 11.1. The third-order valence-electron chi connectivity index (χ3n) is 3.48. The van der Waals surface area contributed by atoms with Crippen LogP contribution < -0.4 is 0 Å². The Labute approximate surface area is 105 Å². The van der Waals surface area contributed by atoms with Crippen LogP contribution in [-0.4, -0.2) is 28.6 Å². The van der Waals surface area contributed by atoms with Crippen molar-refractivity contribution in [2.24, 2.45) is 0 Å². The molecule has 0 aliphatic carbocycles. The van der Waals surface area contributed by atoms with Gasteiger partial charge in [0, 0.05) is 5.39 Å². The minimum Gasteiger partial charge on any atom is -0.480 e. The van der Waals surface area contributed by atoms with Crippen LogP contribution in [-0.2, 0) is 11.3 Å². The van der Waals surface area contributed by atoms with E-state index < -0.39 is 5.97 Å². The zero-order valence-electron chi connectivity index (χ0n) is 10.0. The molecule has 1 aliphatic rings. The largest absolute Gasteiger partial charge is 0.480 e. The first-order valence-corrected chi connectivity index (χ1v) is 6.18. The second-order valence-corrected chi connectivity index (χ2v) is 4.72. The zero-order chi connectivity index (χ0) is 12.5. The summed E-state index contributed by atoms with van der Waals surface area (Å²) in [4.78, 5) is 13.1. The highest BCUT2D eigenvalue weighted by atomic mass is 16.4. The number of nitrogens with zero attached hydrogens (tertiary/aromatic N) is 1. The Balaban J connectivity index is 1.81. The summed E-state index contributed by atoms with van der Waals surface area (Å²) in [5, 5.41) is 10.2. The molecule has 1 N–H and O–H groups in total. The van der Waals surface area contributed by atoms with E-state index >= 15 is 0 Å². The molecular weight excluding hydrogens is 230 g/mol. The molecule has 0 saturated carbocycles. The van der Waals surface area contributed by atoms with E-state index in [1.807, 2.05) is 35.2 Å². The predicted octanol–water partition coefficient (Wildman–Crippen LogP) is 2.48. The fraction of sp³-hybridized carbons (Fsp3) is 0.357. The number of hydrogen-bond acceptors (Lipinski definition) is 3. The number of carboxylic acids is 1. The van der Waals surface area contributed by atoms with Crippen LogP contribution in [0.1, 0.15) is 18.6 Å². The number of fused-ring (bicyclic) bond motifs is 1. The molecule has 18 heavy (non-hydrogen) atoms. The predicted molar refractivity (Wildman–Crippen MR) is 67.3 cm³/mol. The molecular formula is C14H15NO3. The van der Waals surface area contributed by atoms with Crippen LogP contribution in [0.4, 0.5) is 0 Å². The maximum absolute atomic E-state index is 11.1. The molecule has 0 unspecified atom stereocenters. The summed E-state index contributed by atoms with van der Waals surface area (Å²) in [5.41, 5.74) is 0.860. The van der Waals surface area contributed by atoms with E-state index in [-0.39, 0.29) is 6.04 Å². The Kier molecular flexibility index (Phi) is 2.80. The van der Waals surface area contributed by atoms with Crippen LogP contribution in [0, 0.1) is 0 Å². The third-order valence-corrected chi connectivity index (χ3v) is 3.48. The highest BCUT2D eigenvalue weighted by Crippen LogP contribution is 2.24. The normalized spacial score (nSPS) is 20.6. The van der Waals surface area contributed by atoms with Crippen molar-refractivity contribution >= 4 is 16.9 Å². The number of aliphatic carboxylic acids is 1. The Hall–Kier alpha value is -1.81. The molecule has 94 valence electrons. The summed E-state index contributed by atoms with van der Waals surface area (Å²) in [7, 11) is 0. The average Bonchev–Trinajstić information content (AvgIpc) is 2.94. The van der Waals surface area contributed by atoms with Gasteiger partial charge in [0.2, 0.25) is 0 Å². The quantitative estimate of drug-likeness (QED) is 0.902. The molecule has 2 heterocycles. The van der Waals surface area contributed by atoms with Crippen LogP contribution in [0.5, 0.6) is 0 Å². The molecule has 1 fully saturated rings. The van der Waals surface area contributed by atoms with Crippen LogP contribution in [0.2, 0.25) is 0 Å². The molecule has 4 heteroatoms. The lowest BCUT2D eigenvalue weighted by molar-refractivity contribution is -0.142. The Morgan fingerprint density at radius 2 is 2.28 bits per heavy atom. The third kappa shape index (κ3) is 1.99. The Morgan fingerprint density at radius 3 is 3.06 bits per heavy atom. The molecule has 1 atom stereocenters. The zero-order valence-corrected chi connectivity index (χ0v) is 10.0. The summed E-state index contributed by atoms with van der Waals surface area (Å²) >= 11 is 0. The van der Waals surface area contributed by atoms with Gasteiger partial charge in [0.25, 0.3) is 0 Å². The van der Waals surface area contributed by atoms with Gasteiger partial charge in [-0.1, -0.05) is 18.2 Å². The van der Waals surface area contributed by atoms with E-state index in [9.17, 15) is 4.79 Å². The number of rotatable bonds is 3. The molecule has 0 bridgehead atoms. The molecule has 1 saturated heterocycles. The summed E-state index contributed by atoms with van der Waals surface area (Å²) in [6.45, 7) is 1.40. The van der Waals surface area contributed by atoms with E-state index in [1.165, 1.54) is 0 Å².